The van der Waals surface area contributed by atoms with Crippen molar-refractivity contribution in [1.29, 1.82) is 0 Å². The van der Waals surface area contributed by atoms with Crippen LogP contribution in [0.5, 0.6) is 5.75 Å². The summed E-state index contributed by atoms with van der Waals surface area (Å²) in [5.74, 6) is -0.158. The van der Waals surface area contributed by atoms with Crippen molar-refractivity contribution >= 4 is 40.7 Å². The number of pyridine rings is 1. The van der Waals surface area contributed by atoms with Crippen LogP contribution in [0.4, 0.5) is 15.4 Å². The summed E-state index contributed by atoms with van der Waals surface area (Å²) in [6.07, 6.45) is -2.72. The third-order valence-electron chi connectivity index (χ3n) is 2.56. The van der Waals surface area contributed by atoms with Crippen LogP contribution >= 0.6 is 11.6 Å². The highest BCUT2D eigenvalue weighted by molar-refractivity contribution is 6.30. The summed E-state index contributed by atoms with van der Waals surface area (Å²) in [6.45, 7) is 4.81. The molecule has 0 saturated heterocycles. The van der Waals surface area contributed by atoms with Crippen LogP contribution in [0.1, 0.15) is 20.8 Å². The molecule has 2 aromatic rings. The minimum atomic E-state index is -1.59. The molecule has 23 heavy (non-hydrogen) atoms. The molecule has 0 aliphatic rings. The summed E-state index contributed by atoms with van der Waals surface area (Å²) in [5.41, 5.74) is -0.963. The average Bonchev–Trinajstić information content (AvgIpc) is 2.79. The first-order valence-electron chi connectivity index (χ1n) is 6.40. The van der Waals surface area contributed by atoms with E-state index in [2.05, 4.69) is 10.1 Å². The number of fused-ring (bicyclic) bond motifs is 1. The van der Waals surface area contributed by atoms with Crippen molar-refractivity contribution < 1.29 is 28.7 Å². The van der Waals surface area contributed by atoms with Crippen molar-refractivity contribution in [3.63, 3.8) is 0 Å². The summed E-state index contributed by atoms with van der Waals surface area (Å²) in [5, 5.41) is 13.1. The van der Waals surface area contributed by atoms with Crippen LogP contribution in [0.15, 0.2) is 10.6 Å². The fourth-order valence-electron chi connectivity index (χ4n) is 1.75. The molecule has 9 nitrogen and oxygen atoms in total. The fourth-order valence-corrected chi connectivity index (χ4v) is 1.93. The topological polar surface area (TPSA) is 115 Å². The Hall–Kier alpha value is -2.55. The molecule has 0 radical (unpaired) electrons. The summed E-state index contributed by atoms with van der Waals surface area (Å²) in [6, 6.07) is 1.35. The highest BCUT2D eigenvalue weighted by Crippen LogP contribution is 2.35. The number of hydrogen-bond donors (Lipinski definition) is 1. The summed E-state index contributed by atoms with van der Waals surface area (Å²) in [4.78, 5) is 27.8. The van der Waals surface area contributed by atoms with E-state index in [0.29, 0.717) is 4.90 Å². The van der Waals surface area contributed by atoms with E-state index < -0.39 is 17.8 Å². The van der Waals surface area contributed by atoms with E-state index in [9.17, 15) is 14.7 Å². The first kappa shape index (κ1) is 16.8. The minimum absolute atomic E-state index is 0.0659. The maximum absolute atomic E-state index is 12.2. The Kier molecular flexibility index (Phi) is 4.33. The second-order valence-electron chi connectivity index (χ2n) is 5.43. The van der Waals surface area contributed by atoms with Crippen LogP contribution in [0.3, 0.4) is 0 Å². The molecule has 1 N–H and O–H groups in total. The first-order valence-corrected chi connectivity index (χ1v) is 6.78. The molecule has 124 valence electrons. The van der Waals surface area contributed by atoms with Crippen molar-refractivity contribution in [3.05, 3.63) is 11.2 Å². The van der Waals surface area contributed by atoms with Gasteiger partial charge >= 0.3 is 12.2 Å². The monoisotopic (exact) mass is 343 g/mol. The second-order valence-corrected chi connectivity index (χ2v) is 5.82. The van der Waals surface area contributed by atoms with Gasteiger partial charge in [-0.3, -0.25) is 0 Å². The Morgan fingerprint density at radius 3 is 2.57 bits per heavy atom. The minimum Gasteiger partial charge on any atom is -0.496 e. The van der Waals surface area contributed by atoms with Crippen LogP contribution in [-0.4, -0.2) is 40.1 Å². The van der Waals surface area contributed by atoms with Gasteiger partial charge in [0.1, 0.15) is 21.9 Å². The largest absolute Gasteiger partial charge is 0.496 e. The number of anilines is 1. The van der Waals surface area contributed by atoms with E-state index in [4.69, 9.17) is 25.6 Å². The third-order valence-corrected chi connectivity index (χ3v) is 2.75. The number of ether oxygens (including phenoxy) is 2. The molecule has 2 heterocycles. The number of carboxylic acid groups (broad SMARTS) is 1. The predicted molar refractivity (Wildman–Crippen MR) is 80.1 cm³/mol. The molecule has 0 bridgehead atoms. The summed E-state index contributed by atoms with van der Waals surface area (Å²) >= 11 is 5.80. The van der Waals surface area contributed by atoms with Gasteiger partial charge in [0.05, 0.1) is 7.11 Å². The van der Waals surface area contributed by atoms with Gasteiger partial charge in [0.25, 0.3) is 5.71 Å². The molecular formula is C13H14ClN3O6. The lowest BCUT2D eigenvalue weighted by Gasteiger charge is -2.23. The van der Waals surface area contributed by atoms with Crippen LogP contribution in [0.25, 0.3) is 11.1 Å². The standard InChI is InChI=1S/C13H14ClN3O6/c1-13(2,3)22-12(20)17(11(18)19)9-8-6(21-4)5-7(14)15-10(8)23-16-9/h5H,1-4H3,(H,18,19). The van der Waals surface area contributed by atoms with Gasteiger partial charge in [0.15, 0.2) is 0 Å². The van der Waals surface area contributed by atoms with Gasteiger partial charge < -0.3 is 19.1 Å². The molecule has 0 aromatic carbocycles. The smallest absolute Gasteiger partial charge is 0.425 e. The maximum atomic E-state index is 12.2. The molecule has 10 heteroatoms. The predicted octanol–water partition coefficient (Wildman–Crippen LogP) is 3.30. The van der Waals surface area contributed by atoms with E-state index in [0.717, 1.165) is 0 Å². The maximum Gasteiger partial charge on any atom is 0.425 e. The quantitative estimate of drug-likeness (QED) is 0.826. The van der Waals surface area contributed by atoms with Crippen molar-refractivity contribution in [2.24, 2.45) is 0 Å². The zero-order chi connectivity index (χ0) is 17.4. The number of carbonyl (C=O) groups excluding carboxylic acids is 1. The van der Waals surface area contributed by atoms with Crippen molar-refractivity contribution in [2.75, 3.05) is 12.0 Å². The van der Waals surface area contributed by atoms with Gasteiger partial charge in [0, 0.05) is 6.07 Å². The molecular weight excluding hydrogens is 330 g/mol. The van der Waals surface area contributed by atoms with E-state index in [1.165, 1.54) is 13.2 Å². The number of halogens is 1. The number of rotatable bonds is 2. The van der Waals surface area contributed by atoms with Gasteiger partial charge in [-0.2, -0.15) is 9.88 Å². The van der Waals surface area contributed by atoms with E-state index in [1.807, 2.05) is 0 Å². The van der Waals surface area contributed by atoms with Crippen molar-refractivity contribution in [3.8, 4) is 5.75 Å². The first-order chi connectivity index (χ1) is 10.6. The Morgan fingerprint density at radius 1 is 1.39 bits per heavy atom. The Balaban J connectivity index is 2.59. The molecule has 0 saturated carbocycles. The second kappa shape index (κ2) is 5.92. The summed E-state index contributed by atoms with van der Waals surface area (Å²) in [7, 11) is 1.35. The Bertz CT molecular complexity index is 767. The number of carbonyl (C=O) groups is 2. The molecule has 0 spiro atoms. The fraction of sp³-hybridized carbons (Fsp3) is 0.385. The van der Waals surface area contributed by atoms with Crippen LogP contribution < -0.4 is 9.64 Å². The zero-order valence-corrected chi connectivity index (χ0v) is 13.5. The Labute approximate surface area is 135 Å². The molecule has 2 aromatic heterocycles. The molecule has 2 amide bonds. The number of nitrogens with zero attached hydrogens (tertiary/aromatic N) is 3. The van der Waals surface area contributed by atoms with Gasteiger partial charge in [-0.1, -0.05) is 16.8 Å². The number of methoxy groups -OCH3 is 1. The number of aromatic nitrogens is 2. The molecule has 2 rings (SSSR count). The Morgan fingerprint density at radius 2 is 2.04 bits per heavy atom. The van der Waals surface area contributed by atoms with Crippen molar-refractivity contribution in [1.82, 2.24) is 10.1 Å². The SMILES string of the molecule is COc1cc(Cl)nc2onc(N(C(=O)O)C(=O)OC(C)(C)C)c12. The molecule has 0 aliphatic heterocycles. The third kappa shape index (κ3) is 3.45. The van der Waals surface area contributed by atoms with Gasteiger partial charge in [-0.15, -0.1) is 0 Å². The van der Waals surface area contributed by atoms with Gasteiger partial charge in [-0.25, -0.2) is 9.59 Å². The van der Waals surface area contributed by atoms with E-state index in [-0.39, 0.29) is 27.8 Å². The highest BCUT2D eigenvalue weighted by atomic mass is 35.5. The molecule has 0 aliphatic carbocycles. The van der Waals surface area contributed by atoms with Crippen LogP contribution in [0.2, 0.25) is 5.15 Å². The number of hydrogen-bond acceptors (Lipinski definition) is 7. The van der Waals surface area contributed by atoms with Gasteiger partial charge in [0.2, 0.25) is 5.82 Å². The average molecular weight is 344 g/mol. The van der Waals surface area contributed by atoms with Crippen molar-refractivity contribution in [2.45, 2.75) is 26.4 Å². The van der Waals surface area contributed by atoms with Crippen LogP contribution in [0, 0.1) is 0 Å². The number of imide groups is 1. The molecule has 0 fully saturated rings. The lowest BCUT2D eigenvalue weighted by Crippen LogP contribution is -2.40. The lowest BCUT2D eigenvalue weighted by molar-refractivity contribution is 0.0580. The van der Waals surface area contributed by atoms with E-state index >= 15 is 0 Å². The van der Waals surface area contributed by atoms with Crippen LogP contribution in [-0.2, 0) is 4.74 Å². The highest BCUT2D eigenvalue weighted by Gasteiger charge is 2.34. The molecule has 0 unspecified atom stereocenters. The molecule has 0 atom stereocenters. The zero-order valence-electron chi connectivity index (χ0n) is 12.8. The normalized spacial score (nSPS) is 11.3. The summed E-state index contributed by atoms with van der Waals surface area (Å²) < 4.78 is 15.1. The van der Waals surface area contributed by atoms with E-state index in [1.54, 1.807) is 20.8 Å². The number of amides is 2. The van der Waals surface area contributed by atoms with Gasteiger partial charge in [-0.05, 0) is 20.8 Å². The lowest BCUT2D eigenvalue weighted by atomic mass is 10.2.